The third kappa shape index (κ3) is 5.34. The molecule has 0 aliphatic heterocycles. The Labute approximate surface area is 195 Å². The topological polar surface area (TPSA) is 106 Å². The van der Waals surface area contributed by atoms with Gasteiger partial charge in [0.25, 0.3) is 0 Å². The van der Waals surface area contributed by atoms with Gasteiger partial charge in [-0.2, -0.15) is 4.98 Å². The number of nitrogens with zero attached hydrogens (tertiary/aromatic N) is 4. The highest BCUT2D eigenvalue weighted by molar-refractivity contribution is 5.90. The molecule has 1 aliphatic carbocycles. The van der Waals surface area contributed by atoms with Gasteiger partial charge < -0.3 is 25.7 Å². The minimum Gasteiger partial charge on any atom is -0.506 e. The fourth-order valence-electron chi connectivity index (χ4n) is 4.58. The van der Waals surface area contributed by atoms with Crippen LogP contribution in [0.1, 0.15) is 42.5 Å². The number of benzene rings is 1. The molecule has 0 spiro atoms. The number of aromatic hydroxyl groups is 1. The van der Waals surface area contributed by atoms with Gasteiger partial charge in [0.1, 0.15) is 11.6 Å². The first kappa shape index (κ1) is 23.2. The van der Waals surface area contributed by atoms with E-state index in [1.807, 2.05) is 37.2 Å². The van der Waals surface area contributed by atoms with E-state index in [0.29, 0.717) is 35.7 Å². The molecule has 33 heavy (non-hydrogen) atoms. The van der Waals surface area contributed by atoms with E-state index in [1.54, 1.807) is 13.1 Å². The van der Waals surface area contributed by atoms with E-state index in [1.165, 1.54) is 0 Å². The van der Waals surface area contributed by atoms with Crippen molar-refractivity contribution >= 4 is 22.7 Å². The fraction of sp³-hybridized carbons (Fsp3) is 0.480. The predicted molar refractivity (Wildman–Crippen MR) is 132 cm³/mol. The number of anilines is 2. The lowest BCUT2D eigenvalue weighted by Crippen LogP contribution is -2.32. The number of rotatable bonds is 8. The van der Waals surface area contributed by atoms with Gasteiger partial charge in [-0.25, -0.2) is 4.98 Å². The van der Waals surface area contributed by atoms with E-state index < -0.39 is 0 Å². The minimum absolute atomic E-state index is 0.124. The molecule has 0 atom stereocenters. The molecule has 1 fully saturated rings. The highest BCUT2D eigenvalue weighted by atomic mass is 16.3. The van der Waals surface area contributed by atoms with Crippen molar-refractivity contribution < 1.29 is 10.2 Å². The van der Waals surface area contributed by atoms with Gasteiger partial charge in [-0.05, 0) is 57.2 Å². The van der Waals surface area contributed by atoms with Crippen molar-refractivity contribution in [3.8, 4) is 5.75 Å². The van der Waals surface area contributed by atoms with Gasteiger partial charge >= 0.3 is 0 Å². The molecule has 0 amide bonds. The summed E-state index contributed by atoms with van der Waals surface area (Å²) in [6.07, 6.45) is 6.02. The number of hydrogen-bond donors (Lipinski definition) is 4. The molecule has 0 bridgehead atoms. The van der Waals surface area contributed by atoms with Gasteiger partial charge in [0.05, 0.1) is 17.8 Å². The standard InChI is InChI=1S/C25H34N6O2/c1-16-23(33)21(18(15-32)13-27-16)14-26-12-17-8-10-19(11-9-17)28-25-29-22-7-5-4-6-20(22)24(30-25)31(2)3/h4-7,13,17,19,26,32-33H,8-12,14-15H2,1-3H3,(H,28,29,30)/t17-,19+. The zero-order chi connectivity index (χ0) is 23.4. The molecule has 8 heteroatoms. The first-order valence-corrected chi connectivity index (χ1v) is 11.6. The molecule has 0 radical (unpaired) electrons. The maximum atomic E-state index is 10.3. The maximum Gasteiger partial charge on any atom is 0.225 e. The molecule has 4 rings (SSSR count). The Morgan fingerprint density at radius 2 is 1.85 bits per heavy atom. The van der Waals surface area contributed by atoms with Crippen molar-refractivity contribution in [3.05, 3.63) is 47.3 Å². The minimum atomic E-state index is -0.124. The van der Waals surface area contributed by atoms with Crippen molar-refractivity contribution in [2.45, 2.75) is 51.8 Å². The second-order valence-corrected chi connectivity index (χ2v) is 9.13. The second kappa shape index (κ2) is 10.3. The average molecular weight is 451 g/mol. The lowest BCUT2D eigenvalue weighted by atomic mass is 9.86. The summed E-state index contributed by atoms with van der Waals surface area (Å²) in [5.74, 6) is 2.38. The van der Waals surface area contributed by atoms with Crippen LogP contribution in [0.15, 0.2) is 30.5 Å². The van der Waals surface area contributed by atoms with Crippen molar-refractivity contribution in [2.24, 2.45) is 5.92 Å². The summed E-state index contributed by atoms with van der Waals surface area (Å²) in [4.78, 5) is 15.7. The van der Waals surface area contributed by atoms with Crippen molar-refractivity contribution in [1.82, 2.24) is 20.3 Å². The molecular formula is C25H34N6O2. The van der Waals surface area contributed by atoms with Crippen LogP contribution in [-0.2, 0) is 13.2 Å². The van der Waals surface area contributed by atoms with Crippen molar-refractivity contribution in [1.29, 1.82) is 0 Å². The summed E-state index contributed by atoms with van der Waals surface area (Å²) >= 11 is 0. The van der Waals surface area contributed by atoms with Crippen LogP contribution in [0.3, 0.4) is 0 Å². The summed E-state index contributed by atoms with van der Waals surface area (Å²) in [6, 6.07) is 8.48. The molecule has 1 aromatic carbocycles. The maximum absolute atomic E-state index is 10.3. The number of pyridine rings is 1. The molecule has 0 saturated heterocycles. The Hall–Kier alpha value is -2.97. The molecule has 176 valence electrons. The molecule has 3 aromatic rings. The number of aliphatic hydroxyl groups is 1. The average Bonchev–Trinajstić information content (AvgIpc) is 2.82. The monoisotopic (exact) mass is 450 g/mol. The molecule has 2 aromatic heterocycles. The SMILES string of the molecule is Cc1ncc(CO)c(CNC[C@H]2CC[C@@H](Nc3nc(N(C)C)c4ccccc4n3)CC2)c1O. The van der Waals surface area contributed by atoms with Crippen LogP contribution >= 0.6 is 0 Å². The van der Waals surface area contributed by atoms with Gasteiger partial charge in [0.2, 0.25) is 5.95 Å². The van der Waals surface area contributed by atoms with Crippen LogP contribution in [-0.4, -0.2) is 51.8 Å². The first-order chi connectivity index (χ1) is 16.0. The van der Waals surface area contributed by atoms with Crippen LogP contribution in [0.25, 0.3) is 10.9 Å². The summed E-state index contributed by atoms with van der Waals surface area (Å²) in [5, 5.41) is 27.9. The number of fused-ring (bicyclic) bond motifs is 1. The van der Waals surface area contributed by atoms with E-state index in [2.05, 4.69) is 21.7 Å². The number of hydrogen-bond acceptors (Lipinski definition) is 8. The third-order valence-corrected chi connectivity index (χ3v) is 6.52. The largest absolute Gasteiger partial charge is 0.506 e. The number of aryl methyl sites for hydroxylation is 1. The number of aromatic nitrogens is 3. The fourth-order valence-corrected chi connectivity index (χ4v) is 4.58. The Bertz CT molecular complexity index is 1100. The van der Waals surface area contributed by atoms with E-state index in [-0.39, 0.29) is 12.4 Å². The molecule has 2 heterocycles. The number of nitrogens with one attached hydrogen (secondary N) is 2. The van der Waals surface area contributed by atoms with Crippen LogP contribution in [0.5, 0.6) is 5.75 Å². The molecule has 1 aliphatic rings. The van der Waals surface area contributed by atoms with Crippen LogP contribution < -0.4 is 15.5 Å². The Morgan fingerprint density at radius 3 is 2.58 bits per heavy atom. The normalized spacial score (nSPS) is 18.4. The van der Waals surface area contributed by atoms with Gasteiger partial charge in [-0.15, -0.1) is 0 Å². The smallest absolute Gasteiger partial charge is 0.225 e. The Kier molecular flexibility index (Phi) is 7.25. The quantitative estimate of drug-likeness (QED) is 0.414. The third-order valence-electron chi connectivity index (χ3n) is 6.52. The van der Waals surface area contributed by atoms with Gasteiger partial charge in [-0.1, -0.05) is 12.1 Å². The summed E-state index contributed by atoms with van der Waals surface area (Å²) in [7, 11) is 4.01. The Balaban J connectivity index is 1.31. The lowest BCUT2D eigenvalue weighted by Gasteiger charge is -2.29. The highest BCUT2D eigenvalue weighted by Gasteiger charge is 2.22. The Morgan fingerprint density at radius 1 is 1.09 bits per heavy atom. The molecule has 4 N–H and O–H groups in total. The van der Waals surface area contributed by atoms with Gasteiger partial charge in [-0.3, -0.25) is 4.98 Å². The van der Waals surface area contributed by atoms with E-state index in [4.69, 9.17) is 9.97 Å². The summed E-state index contributed by atoms with van der Waals surface area (Å²) in [6.45, 7) is 3.06. The predicted octanol–water partition coefficient (Wildman–Crippen LogP) is 3.36. The molecule has 0 unspecified atom stereocenters. The van der Waals surface area contributed by atoms with Gasteiger partial charge in [0, 0.05) is 49.4 Å². The molecular weight excluding hydrogens is 416 g/mol. The first-order valence-electron chi connectivity index (χ1n) is 11.6. The van der Waals surface area contributed by atoms with Crippen LogP contribution in [0.4, 0.5) is 11.8 Å². The van der Waals surface area contributed by atoms with E-state index >= 15 is 0 Å². The number of aliphatic hydroxyl groups excluding tert-OH is 1. The lowest BCUT2D eigenvalue weighted by molar-refractivity contribution is 0.278. The summed E-state index contributed by atoms with van der Waals surface area (Å²) < 4.78 is 0. The second-order valence-electron chi connectivity index (χ2n) is 9.13. The number of para-hydroxylation sites is 1. The zero-order valence-corrected chi connectivity index (χ0v) is 19.7. The van der Waals surface area contributed by atoms with Gasteiger partial charge in [0.15, 0.2) is 0 Å². The molecule has 8 nitrogen and oxygen atoms in total. The highest BCUT2D eigenvalue weighted by Crippen LogP contribution is 2.29. The van der Waals surface area contributed by atoms with Crippen LogP contribution in [0, 0.1) is 12.8 Å². The van der Waals surface area contributed by atoms with Crippen molar-refractivity contribution in [3.63, 3.8) is 0 Å². The summed E-state index contributed by atoms with van der Waals surface area (Å²) in [5.41, 5.74) is 2.95. The van der Waals surface area contributed by atoms with Crippen LogP contribution in [0.2, 0.25) is 0 Å². The van der Waals surface area contributed by atoms with E-state index in [0.717, 1.165) is 54.5 Å². The molecule has 1 saturated carbocycles. The van der Waals surface area contributed by atoms with E-state index in [9.17, 15) is 10.2 Å². The zero-order valence-electron chi connectivity index (χ0n) is 19.7. The van der Waals surface area contributed by atoms with Crippen molar-refractivity contribution in [2.75, 3.05) is 30.9 Å².